The van der Waals surface area contributed by atoms with Gasteiger partial charge in [0.15, 0.2) is 6.61 Å². The standard InChI is InChI=1S/C19H20Br2N2O2/c1-14-4-2-3-5-17(14)22-8-10-23(11-9-22)19(24)13-25-18-7-6-15(20)12-16(18)21/h2-7,12H,8-11,13H2,1H3. The highest BCUT2D eigenvalue weighted by Gasteiger charge is 2.22. The summed E-state index contributed by atoms with van der Waals surface area (Å²) in [6.45, 7) is 5.31. The lowest BCUT2D eigenvalue weighted by Crippen LogP contribution is -2.50. The van der Waals surface area contributed by atoms with E-state index in [1.54, 1.807) is 0 Å². The van der Waals surface area contributed by atoms with Gasteiger partial charge in [-0.15, -0.1) is 0 Å². The molecule has 6 heteroatoms. The molecule has 0 saturated carbocycles. The van der Waals surface area contributed by atoms with Crippen molar-refractivity contribution in [3.05, 3.63) is 57.0 Å². The normalized spacial score (nSPS) is 14.5. The summed E-state index contributed by atoms with van der Waals surface area (Å²) in [4.78, 5) is 16.6. The van der Waals surface area contributed by atoms with Gasteiger partial charge in [-0.2, -0.15) is 0 Å². The third-order valence-corrected chi connectivity index (χ3v) is 5.45. The summed E-state index contributed by atoms with van der Waals surface area (Å²) < 4.78 is 7.46. The van der Waals surface area contributed by atoms with E-state index in [1.807, 2.05) is 23.1 Å². The summed E-state index contributed by atoms with van der Waals surface area (Å²) in [6, 6.07) is 14.0. The molecule has 1 fully saturated rings. The zero-order chi connectivity index (χ0) is 17.8. The van der Waals surface area contributed by atoms with Crippen LogP contribution in [0.2, 0.25) is 0 Å². The molecule has 0 bridgehead atoms. The van der Waals surface area contributed by atoms with Crippen LogP contribution in [0.5, 0.6) is 5.75 Å². The van der Waals surface area contributed by atoms with E-state index < -0.39 is 0 Å². The Hall–Kier alpha value is -1.53. The van der Waals surface area contributed by atoms with Crippen LogP contribution in [0.15, 0.2) is 51.4 Å². The van der Waals surface area contributed by atoms with Gasteiger partial charge < -0.3 is 14.5 Å². The molecule has 0 aliphatic carbocycles. The summed E-state index contributed by atoms with van der Waals surface area (Å²) in [5.74, 6) is 0.703. The summed E-state index contributed by atoms with van der Waals surface area (Å²) in [7, 11) is 0. The Morgan fingerprint density at radius 1 is 1.08 bits per heavy atom. The number of aryl methyl sites for hydroxylation is 1. The van der Waals surface area contributed by atoms with E-state index >= 15 is 0 Å². The molecule has 0 unspecified atom stereocenters. The van der Waals surface area contributed by atoms with E-state index in [0.717, 1.165) is 35.1 Å². The molecule has 2 aromatic rings. The third-order valence-electron chi connectivity index (χ3n) is 4.33. The summed E-state index contributed by atoms with van der Waals surface area (Å²) in [5, 5.41) is 0. The van der Waals surface area contributed by atoms with E-state index in [4.69, 9.17) is 4.74 Å². The zero-order valence-corrected chi connectivity index (χ0v) is 17.2. The number of halogens is 2. The molecule has 0 spiro atoms. The van der Waals surface area contributed by atoms with Crippen molar-refractivity contribution in [1.29, 1.82) is 0 Å². The first-order chi connectivity index (χ1) is 12.0. The largest absolute Gasteiger partial charge is 0.483 e. The Morgan fingerprint density at radius 2 is 1.80 bits per heavy atom. The fourth-order valence-corrected chi connectivity index (χ4v) is 4.10. The number of hydrogen-bond acceptors (Lipinski definition) is 3. The van der Waals surface area contributed by atoms with Crippen molar-refractivity contribution in [2.45, 2.75) is 6.92 Å². The molecule has 1 saturated heterocycles. The molecule has 1 aliphatic heterocycles. The fraction of sp³-hybridized carbons (Fsp3) is 0.316. The monoisotopic (exact) mass is 466 g/mol. The van der Waals surface area contributed by atoms with Gasteiger partial charge in [0.1, 0.15) is 5.75 Å². The van der Waals surface area contributed by atoms with Crippen molar-refractivity contribution in [2.75, 3.05) is 37.7 Å². The Kier molecular flexibility index (Phi) is 6.02. The summed E-state index contributed by atoms with van der Waals surface area (Å²) in [6.07, 6.45) is 0. The quantitative estimate of drug-likeness (QED) is 0.673. The van der Waals surface area contributed by atoms with Crippen molar-refractivity contribution >= 4 is 43.5 Å². The molecule has 1 aliphatic rings. The number of hydrogen-bond donors (Lipinski definition) is 0. The average molecular weight is 468 g/mol. The predicted molar refractivity (Wildman–Crippen MR) is 107 cm³/mol. The molecule has 2 aromatic carbocycles. The van der Waals surface area contributed by atoms with Crippen LogP contribution >= 0.6 is 31.9 Å². The lowest BCUT2D eigenvalue weighted by molar-refractivity contribution is -0.133. The molecule has 0 aromatic heterocycles. The first-order valence-electron chi connectivity index (χ1n) is 8.21. The maximum absolute atomic E-state index is 12.4. The summed E-state index contributed by atoms with van der Waals surface area (Å²) >= 11 is 6.85. The number of ether oxygens (including phenoxy) is 1. The number of carbonyl (C=O) groups excluding carboxylic acids is 1. The van der Waals surface area contributed by atoms with Crippen LogP contribution in [0, 0.1) is 6.92 Å². The van der Waals surface area contributed by atoms with Crippen LogP contribution in [-0.4, -0.2) is 43.6 Å². The van der Waals surface area contributed by atoms with Crippen LogP contribution in [0.25, 0.3) is 0 Å². The van der Waals surface area contributed by atoms with Crippen molar-refractivity contribution in [1.82, 2.24) is 4.90 Å². The number of anilines is 1. The highest BCUT2D eigenvalue weighted by molar-refractivity contribution is 9.11. The number of nitrogens with zero attached hydrogens (tertiary/aromatic N) is 2. The number of benzene rings is 2. The second kappa shape index (κ2) is 8.23. The van der Waals surface area contributed by atoms with Crippen molar-refractivity contribution in [2.24, 2.45) is 0 Å². The van der Waals surface area contributed by atoms with E-state index in [-0.39, 0.29) is 12.5 Å². The molecule has 0 radical (unpaired) electrons. The minimum absolute atomic E-state index is 0.0271. The van der Waals surface area contributed by atoms with Crippen molar-refractivity contribution in [3.8, 4) is 5.75 Å². The Morgan fingerprint density at radius 3 is 2.48 bits per heavy atom. The lowest BCUT2D eigenvalue weighted by atomic mass is 10.1. The van der Waals surface area contributed by atoms with Crippen LogP contribution < -0.4 is 9.64 Å². The lowest BCUT2D eigenvalue weighted by Gasteiger charge is -2.36. The minimum atomic E-state index is 0.0271. The van der Waals surface area contributed by atoms with Gasteiger partial charge >= 0.3 is 0 Å². The molecule has 1 amide bonds. The van der Waals surface area contributed by atoms with Gasteiger partial charge in [0.25, 0.3) is 5.91 Å². The van der Waals surface area contributed by atoms with Crippen molar-refractivity contribution < 1.29 is 9.53 Å². The van der Waals surface area contributed by atoms with Crippen LogP contribution in [0.4, 0.5) is 5.69 Å². The van der Waals surface area contributed by atoms with Gasteiger partial charge in [0.2, 0.25) is 0 Å². The topological polar surface area (TPSA) is 32.8 Å². The van der Waals surface area contributed by atoms with Crippen LogP contribution in [0.3, 0.4) is 0 Å². The van der Waals surface area contributed by atoms with Crippen LogP contribution in [-0.2, 0) is 4.79 Å². The predicted octanol–water partition coefficient (Wildman–Crippen LogP) is 4.25. The second-order valence-corrected chi connectivity index (χ2v) is 7.79. The maximum atomic E-state index is 12.4. The Balaban J connectivity index is 1.52. The second-order valence-electron chi connectivity index (χ2n) is 6.02. The van der Waals surface area contributed by atoms with Gasteiger partial charge in [0.05, 0.1) is 4.47 Å². The van der Waals surface area contributed by atoms with E-state index in [0.29, 0.717) is 5.75 Å². The molecule has 132 valence electrons. The highest BCUT2D eigenvalue weighted by atomic mass is 79.9. The summed E-state index contributed by atoms with van der Waals surface area (Å²) in [5.41, 5.74) is 2.52. The van der Waals surface area contributed by atoms with Crippen molar-refractivity contribution in [3.63, 3.8) is 0 Å². The molecular formula is C19H20Br2N2O2. The van der Waals surface area contributed by atoms with Gasteiger partial charge in [-0.05, 0) is 52.7 Å². The van der Waals surface area contributed by atoms with Gasteiger partial charge in [-0.25, -0.2) is 0 Å². The maximum Gasteiger partial charge on any atom is 0.260 e. The molecule has 0 atom stereocenters. The number of piperazine rings is 1. The molecule has 4 nitrogen and oxygen atoms in total. The fourth-order valence-electron chi connectivity index (χ4n) is 2.94. The van der Waals surface area contributed by atoms with E-state index in [2.05, 4.69) is 67.9 Å². The molecular weight excluding hydrogens is 448 g/mol. The highest BCUT2D eigenvalue weighted by Crippen LogP contribution is 2.28. The molecule has 0 N–H and O–H groups in total. The SMILES string of the molecule is Cc1ccccc1N1CCN(C(=O)COc2ccc(Br)cc2Br)CC1. The zero-order valence-electron chi connectivity index (χ0n) is 14.0. The first-order valence-corrected chi connectivity index (χ1v) is 9.79. The molecule has 1 heterocycles. The Labute approximate surface area is 165 Å². The van der Waals surface area contributed by atoms with E-state index in [9.17, 15) is 4.79 Å². The van der Waals surface area contributed by atoms with E-state index in [1.165, 1.54) is 11.3 Å². The number of rotatable bonds is 4. The average Bonchev–Trinajstić information content (AvgIpc) is 2.61. The van der Waals surface area contributed by atoms with Gasteiger partial charge in [0, 0.05) is 36.3 Å². The number of para-hydroxylation sites is 1. The van der Waals surface area contributed by atoms with Crippen LogP contribution in [0.1, 0.15) is 5.56 Å². The first kappa shape index (κ1) is 18.3. The number of carbonyl (C=O) groups is 1. The molecule has 3 rings (SSSR count). The van der Waals surface area contributed by atoms with Gasteiger partial charge in [-0.3, -0.25) is 4.79 Å². The Bertz CT molecular complexity index is 759. The molecule has 25 heavy (non-hydrogen) atoms. The smallest absolute Gasteiger partial charge is 0.260 e. The van der Waals surface area contributed by atoms with Gasteiger partial charge in [-0.1, -0.05) is 34.1 Å². The number of amides is 1. The minimum Gasteiger partial charge on any atom is -0.483 e. The third kappa shape index (κ3) is 4.55.